The third-order valence-electron chi connectivity index (χ3n) is 4.02. The summed E-state index contributed by atoms with van der Waals surface area (Å²) in [5.41, 5.74) is 6.83. The lowest BCUT2D eigenvalue weighted by atomic mass is 10.1. The zero-order valence-electron chi connectivity index (χ0n) is 15.2. The number of rotatable bonds is 5. The summed E-state index contributed by atoms with van der Waals surface area (Å²) in [4.78, 5) is 36.8. The smallest absolute Gasteiger partial charge is 0.419 e. The molecule has 0 aliphatic rings. The molecular weight excluding hydrogens is 388 g/mol. The first kappa shape index (κ1) is 19.5. The molecule has 146 valence electrons. The lowest BCUT2D eigenvalue weighted by Crippen LogP contribution is -2.20. The van der Waals surface area contributed by atoms with Gasteiger partial charge in [-0.3, -0.25) is 9.59 Å². The van der Waals surface area contributed by atoms with E-state index in [-0.39, 0.29) is 30.4 Å². The number of nitrogen functional groups attached to an aromatic ring is 1. The van der Waals surface area contributed by atoms with E-state index in [0.29, 0.717) is 21.5 Å². The van der Waals surface area contributed by atoms with Gasteiger partial charge in [0, 0.05) is 22.9 Å². The summed E-state index contributed by atoms with van der Waals surface area (Å²) in [5.74, 6) is -1.24. The molecule has 0 amide bonds. The van der Waals surface area contributed by atoms with Gasteiger partial charge in [-0.2, -0.15) is 0 Å². The zero-order valence-corrected chi connectivity index (χ0v) is 15.9. The van der Waals surface area contributed by atoms with Gasteiger partial charge >= 0.3 is 12.1 Å². The summed E-state index contributed by atoms with van der Waals surface area (Å²) in [6.45, 7) is 2.84. The second kappa shape index (κ2) is 7.77. The topological polar surface area (TPSA) is 114 Å². The maximum Gasteiger partial charge on any atom is 0.419 e. The van der Waals surface area contributed by atoms with Gasteiger partial charge in [0.25, 0.3) is 0 Å². The predicted octanol–water partition coefficient (Wildman–Crippen LogP) is 3.77. The largest absolute Gasteiger partial charge is 0.461 e. The number of ether oxygens (including phenoxy) is 2. The molecule has 2 heterocycles. The Kier molecular flexibility index (Phi) is 5.41. The Labute approximate surface area is 164 Å². The molecule has 2 aromatic heterocycles. The molecule has 1 aromatic carbocycles. The normalized spacial score (nSPS) is 10.8. The first-order valence-corrected chi connectivity index (χ1v) is 8.73. The third kappa shape index (κ3) is 3.46. The van der Waals surface area contributed by atoms with Crippen LogP contribution in [0.3, 0.4) is 0 Å². The van der Waals surface area contributed by atoms with Crippen molar-refractivity contribution in [3.8, 4) is 0 Å². The molecule has 0 aliphatic carbocycles. The van der Waals surface area contributed by atoms with Crippen LogP contribution in [0.1, 0.15) is 35.7 Å². The Balaban J connectivity index is 2.17. The van der Waals surface area contributed by atoms with Crippen molar-refractivity contribution in [1.82, 2.24) is 4.57 Å². The van der Waals surface area contributed by atoms with Gasteiger partial charge in [-0.15, -0.1) is 0 Å². The molecule has 8 nitrogen and oxygen atoms in total. The second-order valence-electron chi connectivity index (χ2n) is 5.84. The number of carbonyl (C=O) groups excluding carboxylic acids is 3. The molecule has 0 saturated heterocycles. The second-order valence-corrected chi connectivity index (χ2v) is 6.28. The molecule has 28 heavy (non-hydrogen) atoms. The van der Waals surface area contributed by atoms with Crippen LogP contribution in [0.5, 0.6) is 0 Å². The van der Waals surface area contributed by atoms with Crippen molar-refractivity contribution in [3.05, 3.63) is 52.6 Å². The lowest BCUT2D eigenvalue weighted by molar-refractivity contribution is -0.142. The van der Waals surface area contributed by atoms with Crippen molar-refractivity contribution >= 4 is 46.0 Å². The number of halogens is 1. The van der Waals surface area contributed by atoms with Crippen LogP contribution in [0.25, 0.3) is 10.9 Å². The van der Waals surface area contributed by atoms with E-state index in [1.54, 1.807) is 19.1 Å². The number of esters is 1. The van der Waals surface area contributed by atoms with Gasteiger partial charge in [0.05, 0.1) is 24.1 Å². The average Bonchev–Trinajstić information content (AvgIpc) is 3.22. The van der Waals surface area contributed by atoms with Crippen LogP contribution in [-0.2, 0) is 20.9 Å². The van der Waals surface area contributed by atoms with Gasteiger partial charge in [-0.25, -0.2) is 9.36 Å². The van der Waals surface area contributed by atoms with E-state index in [4.69, 9.17) is 31.2 Å². The third-order valence-corrected chi connectivity index (χ3v) is 4.25. The van der Waals surface area contributed by atoms with Gasteiger partial charge in [0.15, 0.2) is 5.76 Å². The summed E-state index contributed by atoms with van der Waals surface area (Å²) in [6.07, 6.45) is 0.513. The maximum atomic E-state index is 13.2. The molecule has 0 spiro atoms. The fourth-order valence-corrected chi connectivity index (χ4v) is 2.99. The van der Waals surface area contributed by atoms with Crippen molar-refractivity contribution in [2.24, 2.45) is 0 Å². The quantitative estimate of drug-likeness (QED) is 0.508. The van der Waals surface area contributed by atoms with E-state index in [2.05, 4.69) is 0 Å². The number of nitrogens with two attached hydrogens (primary N) is 1. The summed E-state index contributed by atoms with van der Waals surface area (Å²) >= 11 is 6.05. The zero-order chi connectivity index (χ0) is 20.4. The number of hydrogen-bond donors (Lipinski definition) is 1. The molecule has 0 aliphatic heterocycles. The van der Waals surface area contributed by atoms with Crippen LogP contribution in [0, 0.1) is 0 Å². The van der Waals surface area contributed by atoms with Gasteiger partial charge in [-0.1, -0.05) is 11.6 Å². The van der Waals surface area contributed by atoms with Gasteiger partial charge in [0.1, 0.15) is 12.3 Å². The van der Waals surface area contributed by atoms with E-state index in [1.807, 2.05) is 0 Å². The molecule has 0 bridgehead atoms. The summed E-state index contributed by atoms with van der Waals surface area (Å²) < 4.78 is 16.4. The molecule has 9 heteroatoms. The summed E-state index contributed by atoms with van der Waals surface area (Å²) in [5, 5.41) is 0.831. The lowest BCUT2D eigenvalue weighted by Gasteiger charge is -2.09. The SMILES string of the molecule is CCOC(=O)n1c(C(=O)c2occc2COC(C)=O)c(N)c2ccc(Cl)cc21. The first-order chi connectivity index (χ1) is 13.3. The molecule has 2 N–H and O–H groups in total. The highest BCUT2D eigenvalue weighted by atomic mass is 35.5. The minimum Gasteiger partial charge on any atom is -0.461 e. The number of hydrogen-bond acceptors (Lipinski definition) is 7. The standard InChI is InChI=1S/C19H17ClN2O6/c1-3-26-19(25)22-14-8-12(20)4-5-13(14)15(21)16(22)17(24)18-11(6-7-27-18)9-28-10(2)23/h4-8H,3,9,21H2,1-2H3. The number of nitrogens with zero attached hydrogens (tertiary/aromatic N) is 1. The molecule has 0 fully saturated rings. The molecular formula is C19H17ClN2O6. The Morgan fingerprint density at radius 1 is 1.21 bits per heavy atom. The van der Waals surface area contributed by atoms with E-state index < -0.39 is 17.8 Å². The number of carbonyl (C=O) groups is 3. The maximum absolute atomic E-state index is 13.2. The van der Waals surface area contributed by atoms with Crippen LogP contribution in [0.4, 0.5) is 10.5 Å². The Morgan fingerprint density at radius 3 is 2.64 bits per heavy atom. The minimum absolute atomic E-state index is 0.0829. The number of fused-ring (bicyclic) bond motifs is 1. The minimum atomic E-state index is -0.775. The molecule has 0 radical (unpaired) electrons. The van der Waals surface area contributed by atoms with Gasteiger partial charge in [0.2, 0.25) is 5.78 Å². The Morgan fingerprint density at radius 2 is 1.96 bits per heavy atom. The fourth-order valence-electron chi connectivity index (χ4n) is 2.82. The fraction of sp³-hybridized carbons (Fsp3) is 0.211. The molecule has 3 aromatic rings. The highest BCUT2D eigenvalue weighted by molar-refractivity contribution is 6.31. The Hall–Kier alpha value is -3.26. The van der Waals surface area contributed by atoms with Crippen molar-refractivity contribution in [2.45, 2.75) is 20.5 Å². The number of aromatic nitrogens is 1. The summed E-state index contributed by atoms with van der Waals surface area (Å²) in [7, 11) is 0. The van der Waals surface area contributed by atoms with Crippen LogP contribution < -0.4 is 5.73 Å². The van der Waals surface area contributed by atoms with E-state index in [9.17, 15) is 14.4 Å². The number of anilines is 1. The number of ketones is 1. The van der Waals surface area contributed by atoms with Gasteiger partial charge in [-0.05, 0) is 31.2 Å². The van der Waals surface area contributed by atoms with Crippen LogP contribution in [-0.4, -0.2) is 29.0 Å². The molecule has 0 atom stereocenters. The average molecular weight is 405 g/mol. The number of furan rings is 1. The van der Waals surface area contributed by atoms with Crippen LogP contribution in [0.15, 0.2) is 34.9 Å². The molecule has 3 rings (SSSR count). The van der Waals surface area contributed by atoms with E-state index >= 15 is 0 Å². The highest BCUT2D eigenvalue weighted by Gasteiger charge is 2.30. The monoisotopic (exact) mass is 404 g/mol. The molecule has 0 saturated carbocycles. The number of benzene rings is 1. The van der Waals surface area contributed by atoms with Crippen molar-refractivity contribution in [2.75, 3.05) is 12.3 Å². The van der Waals surface area contributed by atoms with E-state index in [1.165, 1.54) is 25.3 Å². The predicted molar refractivity (Wildman–Crippen MR) is 101 cm³/mol. The summed E-state index contributed by atoms with van der Waals surface area (Å²) in [6, 6.07) is 6.23. The highest BCUT2D eigenvalue weighted by Crippen LogP contribution is 2.33. The van der Waals surface area contributed by atoms with Crippen molar-refractivity contribution in [1.29, 1.82) is 0 Å². The first-order valence-electron chi connectivity index (χ1n) is 8.36. The van der Waals surface area contributed by atoms with Crippen molar-refractivity contribution < 1.29 is 28.3 Å². The van der Waals surface area contributed by atoms with E-state index in [0.717, 1.165) is 4.57 Å². The van der Waals surface area contributed by atoms with Gasteiger partial charge < -0.3 is 19.6 Å². The van der Waals surface area contributed by atoms with Crippen LogP contribution >= 0.6 is 11.6 Å². The van der Waals surface area contributed by atoms with Crippen LogP contribution in [0.2, 0.25) is 5.02 Å². The Bertz CT molecular complexity index is 1080. The van der Waals surface area contributed by atoms with Crippen molar-refractivity contribution in [3.63, 3.8) is 0 Å². The molecule has 0 unspecified atom stereocenters.